The second-order valence-corrected chi connectivity index (χ2v) is 4.83. The molecule has 4 heteroatoms. The Morgan fingerprint density at radius 2 is 1.60 bits per heavy atom. The molecule has 0 atom stereocenters. The van der Waals surface area contributed by atoms with Crippen LogP contribution in [0.2, 0.25) is 0 Å². The highest BCUT2D eigenvalue weighted by atomic mass is 16.6. The number of hydrogen-bond donors (Lipinski definition) is 1. The number of ether oxygens (including phenoxy) is 1. The topological polar surface area (TPSA) is 49.8 Å². The fourth-order valence-electron chi connectivity index (χ4n) is 2.69. The molecule has 3 rings (SSSR count). The molecule has 0 saturated carbocycles. The highest BCUT2D eigenvalue weighted by Crippen LogP contribution is 2.44. The van der Waals surface area contributed by atoms with Gasteiger partial charge in [0.2, 0.25) is 0 Å². The molecule has 0 bridgehead atoms. The Morgan fingerprint density at radius 1 is 1.10 bits per heavy atom. The van der Waals surface area contributed by atoms with Crippen molar-refractivity contribution in [1.82, 2.24) is 5.06 Å². The van der Waals surface area contributed by atoms with E-state index in [2.05, 4.69) is 24.3 Å². The second kappa shape index (κ2) is 4.98. The Kier molecular flexibility index (Phi) is 3.16. The van der Waals surface area contributed by atoms with Crippen LogP contribution >= 0.6 is 0 Å². The van der Waals surface area contributed by atoms with Crippen molar-refractivity contribution in [2.45, 2.75) is 5.92 Å². The lowest BCUT2D eigenvalue weighted by Gasteiger charge is -2.15. The summed E-state index contributed by atoms with van der Waals surface area (Å²) in [5.74, 6) is 0.0197. The van der Waals surface area contributed by atoms with Gasteiger partial charge in [-0.05, 0) is 22.3 Å². The average Bonchev–Trinajstić information content (AvgIpc) is 2.79. The number of amides is 1. The first-order valence-corrected chi connectivity index (χ1v) is 6.46. The number of carbonyl (C=O) groups is 1. The van der Waals surface area contributed by atoms with Gasteiger partial charge in [0.05, 0.1) is 0 Å². The molecule has 1 N–H and O–H groups in total. The summed E-state index contributed by atoms with van der Waals surface area (Å²) in [4.78, 5) is 11.4. The summed E-state index contributed by atoms with van der Waals surface area (Å²) in [6.45, 7) is 0.220. The number of carbonyl (C=O) groups excluding carboxylic acids is 1. The van der Waals surface area contributed by atoms with Crippen molar-refractivity contribution in [1.29, 1.82) is 0 Å². The first-order chi connectivity index (χ1) is 9.68. The van der Waals surface area contributed by atoms with Gasteiger partial charge in [-0.1, -0.05) is 48.5 Å². The van der Waals surface area contributed by atoms with Crippen molar-refractivity contribution in [2.24, 2.45) is 0 Å². The summed E-state index contributed by atoms with van der Waals surface area (Å²) in [5, 5.41) is 9.50. The van der Waals surface area contributed by atoms with Gasteiger partial charge >= 0.3 is 6.09 Å². The molecular formula is C16H15NO3. The molecule has 0 spiro atoms. The average molecular weight is 269 g/mol. The predicted molar refractivity (Wildman–Crippen MR) is 74.6 cm³/mol. The smallest absolute Gasteiger partial charge is 0.433 e. The van der Waals surface area contributed by atoms with Gasteiger partial charge in [-0.2, -0.15) is 5.06 Å². The van der Waals surface area contributed by atoms with Crippen LogP contribution in [0.3, 0.4) is 0 Å². The molecule has 0 unspecified atom stereocenters. The van der Waals surface area contributed by atoms with Gasteiger partial charge in [-0.3, -0.25) is 5.21 Å². The predicted octanol–water partition coefficient (Wildman–Crippen LogP) is 3.26. The van der Waals surface area contributed by atoms with Crippen LogP contribution in [0.5, 0.6) is 0 Å². The van der Waals surface area contributed by atoms with E-state index in [4.69, 9.17) is 9.94 Å². The minimum absolute atomic E-state index is 0.0197. The summed E-state index contributed by atoms with van der Waals surface area (Å²) >= 11 is 0. The van der Waals surface area contributed by atoms with E-state index in [-0.39, 0.29) is 12.5 Å². The van der Waals surface area contributed by atoms with E-state index >= 15 is 0 Å². The Hall–Kier alpha value is -2.33. The van der Waals surface area contributed by atoms with E-state index in [1.807, 2.05) is 24.3 Å². The van der Waals surface area contributed by atoms with Crippen molar-refractivity contribution < 1.29 is 14.7 Å². The van der Waals surface area contributed by atoms with Crippen molar-refractivity contribution in [2.75, 3.05) is 13.7 Å². The molecule has 1 aliphatic carbocycles. The van der Waals surface area contributed by atoms with Gasteiger partial charge < -0.3 is 4.74 Å². The van der Waals surface area contributed by atoms with E-state index in [0.717, 1.165) is 11.1 Å². The molecule has 0 radical (unpaired) electrons. The molecule has 0 aromatic heterocycles. The summed E-state index contributed by atoms with van der Waals surface area (Å²) in [6.07, 6.45) is -0.744. The fourth-order valence-corrected chi connectivity index (χ4v) is 2.69. The zero-order valence-electron chi connectivity index (χ0n) is 11.1. The van der Waals surface area contributed by atoms with E-state index in [9.17, 15) is 4.79 Å². The molecule has 0 aliphatic heterocycles. The molecule has 1 aliphatic rings. The first-order valence-electron chi connectivity index (χ1n) is 6.46. The number of fused-ring (bicyclic) bond motifs is 3. The summed E-state index contributed by atoms with van der Waals surface area (Å²) in [6, 6.07) is 16.2. The van der Waals surface area contributed by atoms with Gasteiger partial charge in [-0.25, -0.2) is 4.79 Å². The molecule has 0 heterocycles. The number of nitrogens with zero attached hydrogens (tertiary/aromatic N) is 1. The van der Waals surface area contributed by atoms with Gasteiger partial charge in [0.1, 0.15) is 6.61 Å². The minimum Gasteiger partial charge on any atom is -0.447 e. The molecular weight excluding hydrogens is 254 g/mol. The quantitative estimate of drug-likeness (QED) is 0.672. The van der Waals surface area contributed by atoms with Crippen molar-refractivity contribution >= 4 is 6.09 Å². The second-order valence-electron chi connectivity index (χ2n) is 4.83. The largest absolute Gasteiger partial charge is 0.447 e. The molecule has 2 aromatic carbocycles. The monoisotopic (exact) mass is 269 g/mol. The van der Waals surface area contributed by atoms with Crippen LogP contribution in [-0.2, 0) is 4.74 Å². The van der Waals surface area contributed by atoms with Crippen LogP contribution in [-0.4, -0.2) is 30.0 Å². The van der Waals surface area contributed by atoms with Gasteiger partial charge in [0.15, 0.2) is 0 Å². The van der Waals surface area contributed by atoms with E-state index < -0.39 is 6.09 Å². The van der Waals surface area contributed by atoms with Crippen LogP contribution in [0.25, 0.3) is 11.1 Å². The van der Waals surface area contributed by atoms with Crippen LogP contribution < -0.4 is 0 Å². The molecule has 0 fully saturated rings. The molecule has 4 nitrogen and oxygen atoms in total. The first kappa shape index (κ1) is 12.7. The lowest BCUT2D eigenvalue weighted by molar-refractivity contribution is -0.0535. The van der Waals surface area contributed by atoms with Crippen molar-refractivity contribution in [3.63, 3.8) is 0 Å². The summed E-state index contributed by atoms with van der Waals surface area (Å²) in [7, 11) is 1.25. The normalized spacial score (nSPS) is 12.7. The number of hydroxylamine groups is 2. The number of hydrogen-bond acceptors (Lipinski definition) is 3. The minimum atomic E-state index is -0.744. The zero-order valence-corrected chi connectivity index (χ0v) is 11.1. The Balaban J connectivity index is 1.93. The lowest BCUT2D eigenvalue weighted by atomic mass is 9.98. The molecule has 1 amide bonds. The third-order valence-electron chi connectivity index (χ3n) is 3.60. The van der Waals surface area contributed by atoms with Crippen LogP contribution in [0.15, 0.2) is 48.5 Å². The van der Waals surface area contributed by atoms with Crippen LogP contribution in [0, 0.1) is 0 Å². The van der Waals surface area contributed by atoms with Crippen molar-refractivity contribution in [3.8, 4) is 11.1 Å². The highest BCUT2D eigenvalue weighted by molar-refractivity contribution is 5.79. The maximum absolute atomic E-state index is 11.4. The fraction of sp³-hybridized carbons (Fsp3) is 0.188. The van der Waals surface area contributed by atoms with Gasteiger partial charge in [0, 0.05) is 13.0 Å². The van der Waals surface area contributed by atoms with Crippen LogP contribution in [0.4, 0.5) is 4.79 Å². The Labute approximate surface area is 117 Å². The number of benzene rings is 2. The standard InChI is InChI=1S/C16H15NO3/c1-17(19)16(18)20-10-15-13-8-4-2-6-11(13)12-7-3-5-9-14(12)15/h2-9,15,19H,10H2,1H3. The van der Waals surface area contributed by atoms with E-state index in [1.54, 1.807) is 0 Å². The zero-order chi connectivity index (χ0) is 14.1. The van der Waals surface area contributed by atoms with Crippen LogP contribution in [0.1, 0.15) is 17.0 Å². The third kappa shape index (κ3) is 2.04. The third-order valence-corrected chi connectivity index (χ3v) is 3.60. The van der Waals surface area contributed by atoms with Crippen molar-refractivity contribution in [3.05, 3.63) is 59.7 Å². The SMILES string of the molecule is CN(O)C(=O)OCC1c2ccccc2-c2ccccc21. The van der Waals surface area contributed by atoms with E-state index in [0.29, 0.717) is 5.06 Å². The van der Waals surface area contributed by atoms with Gasteiger partial charge in [0.25, 0.3) is 0 Å². The maximum atomic E-state index is 11.4. The van der Waals surface area contributed by atoms with E-state index in [1.165, 1.54) is 18.2 Å². The highest BCUT2D eigenvalue weighted by Gasteiger charge is 2.29. The lowest BCUT2D eigenvalue weighted by Crippen LogP contribution is -2.25. The summed E-state index contributed by atoms with van der Waals surface area (Å²) in [5.41, 5.74) is 4.67. The Morgan fingerprint density at radius 3 is 2.10 bits per heavy atom. The molecule has 0 saturated heterocycles. The number of rotatable bonds is 2. The Bertz CT molecular complexity index is 606. The molecule has 102 valence electrons. The maximum Gasteiger partial charge on any atom is 0.433 e. The summed E-state index contributed by atoms with van der Waals surface area (Å²) < 4.78 is 5.14. The molecule has 20 heavy (non-hydrogen) atoms. The van der Waals surface area contributed by atoms with Gasteiger partial charge in [-0.15, -0.1) is 0 Å². The molecule has 2 aromatic rings.